The molecule has 0 N–H and O–H groups in total. The van der Waals surface area contributed by atoms with Crippen molar-refractivity contribution in [3.63, 3.8) is 0 Å². The maximum atomic E-state index is 5.75. The van der Waals surface area contributed by atoms with E-state index in [1.54, 1.807) is 17.0 Å². The van der Waals surface area contributed by atoms with Gasteiger partial charge in [-0.15, -0.1) is 6.58 Å². The van der Waals surface area contributed by atoms with E-state index in [0.29, 0.717) is 11.6 Å². The number of aryl methyl sites for hydroxylation is 1. The van der Waals surface area contributed by atoms with E-state index >= 15 is 0 Å². The van der Waals surface area contributed by atoms with Crippen LogP contribution < -0.4 is 0 Å². The largest absolute Gasteiger partial charge is 0.267 e. The number of hydrogen-bond acceptors (Lipinski definition) is 1. The summed E-state index contributed by atoms with van der Waals surface area (Å²) >= 11 is 5.75. The molecule has 54 valence electrons. The Morgan fingerprint density at radius 3 is 3.00 bits per heavy atom. The molecule has 0 unspecified atom stereocenters. The lowest BCUT2D eigenvalue weighted by Crippen LogP contribution is -1.94. The fourth-order valence-electron chi connectivity index (χ4n) is 0.719. The Morgan fingerprint density at radius 1 is 1.90 bits per heavy atom. The normalized spacial score (nSPS) is 9.80. The lowest BCUT2D eigenvalue weighted by atomic mass is 10.5. The van der Waals surface area contributed by atoms with Crippen molar-refractivity contribution in [1.82, 2.24) is 9.78 Å². The zero-order valence-corrected chi connectivity index (χ0v) is 6.60. The molecule has 0 bridgehead atoms. The van der Waals surface area contributed by atoms with Gasteiger partial charge in [-0.1, -0.05) is 17.7 Å². The molecule has 0 saturated carbocycles. The SMILES string of the molecule is C=CCn1cc(Cl)c(C)n1. The molecule has 1 heterocycles. The van der Waals surface area contributed by atoms with Gasteiger partial charge in [-0.3, -0.25) is 4.68 Å². The topological polar surface area (TPSA) is 17.8 Å². The van der Waals surface area contributed by atoms with E-state index in [1.807, 2.05) is 6.92 Å². The standard InChI is InChI=1S/C7H9ClN2/c1-3-4-10-5-7(8)6(2)9-10/h3,5H,1,4H2,2H3. The van der Waals surface area contributed by atoms with Gasteiger partial charge in [-0.2, -0.15) is 5.10 Å². The highest BCUT2D eigenvalue weighted by atomic mass is 35.5. The van der Waals surface area contributed by atoms with Gasteiger partial charge in [-0.05, 0) is 6.92 Å². The molecular formula is C7H9ClN2. The average Bonchev–Trinajstić information content (AvgIpc) is 2.14. The molecule has 2 nitrogen and oxygen atoms in total. The molecule has 10 heavy (non-hydrogen) atoms. The van der Waals surface area contributed by atoms with E-state index in [9.17, 15) is 0 Å². The van der Waals surface area contributed by atoms with E-state index in [-0.39, 0.29) is 0 Å². The minimum absolute atomic E-state index is 0.710. The van der Waals surface area contributed by atoms with Crippen LogP contribution in [0.1, 0.15) is 5.69 Å². The van der Waals surface area contributed by atoms with Gasteiger partial charge in [0.1, 0.15) is 0 Å². The Hall–Kier alpha value is -0.760. The molecule has 0 radical (unpaired) electrons. The average molecular weight is 157 g/mol. The van der Waals surface area contributed by atoms with Gasteiger partial charge in [0.15, 0.2) is 0 Å². The summed E-state index contributed by atoms with van der Waals surface area (Å²) in [5.41, 5.74) is 0.864. The summed E-state index contributed by atoms with van der Waals surface area (Å²) in [4.78, 5) is 0. The quantitative estimate of drug-likeness (QED) is 0.600. The summed E-state index contributed by atoms with van der Waals surface area (Å²) in [5, 5.41) is 4.82. The van der Waals surface area contributed by atoms with Gasteiger partial charge >= 0.3 is 0 Å². The van der Waals surface area contributed by atoms with Crippen molar-refractivity contribution < 1.29 is 0 Å². The molecule has 0 aliphatic rings. The molecule has 1 aromatic rings. The highest BCUT2D eigenvalue weighted by Gasteiger charge is 1.98. The van der Waals surface area contributed by atoms with Crippen LogP contribution in [0.4, 0.5) is 0 Å². The number of nitrogens with zero attached hydrogens (tertiary/aromatic N) is 2. The Morgan fingerprint density at radius 2 is 2.60 bits per heavy atom. The van der Waals surface area contributed by atoms with Gasteiger partial charge in [0, 0.05) is 6.20 Å². The van der Waals surface area contributed by atoms with Crippen LogP contribution in [0.2, 0.25) is 5.02 Å². The van der Waals surface area contributed by atoms with Gasteiger partial charge in [0.05, 0.1) is 17.3 Å². The molecule has 0 aliphatic carbocycles. The zero-order chi connectivity index (χ0) is 7.56. The molecule has 0 aromatic carbocycles. The van der Waals surface area contributed by atoms with Crippen molar-refractivity contribution in [2.45, 2.75) is 13.5 Å². The van der Waals surface area contributed by atoms with Gasteiger partial charge in [0.25, 0.3) is 0 Å². The number of allylic oxidation sites excluding steroid dienone is 1. The molecule has 0 saturated heterocycles. The van der Waals surface area contributed by atoms with Crippen LogP contribution >= 0.6 is 11.6 Å². The fourth-order valence-corrected chi connectivity index (χ4v) is 0.870. The highest BCUT2D eigenvalue weighted by Crippen LogP contribution is 2.11. The number of aromatic nitrogens is 2. The summed E-state index contributed by atoms with van der Waals surface area (Å²) in [7, 11) is 0. The Bertz CT molecular complexity index is 220. The van der Waals surface area contributed by atoms with Gasteiger partial charge < -0.3 is 0 Å². The lowest BCUT2D eigenvalue weighted by Gasteiger charge is -1.90. The molecule has 1 aromatic heterocycles. The predicted octanol–water partition coefficient (Wildman–Crippen LogP) is 2.03. The molecule has 0 atom stereocenters. The summed E-state index contributed by atoms with van der Waals surface area (Å²) < 4.78 is 1.75. The van der Waals surface area contributed by atoms with Crippen LogP contribution in [-0.2, 0) is 6.54 Å². The van der Waals surface area contributed by atoms with E-state index in [0.717, 1.165) is 5.69 Å². The first-order valence-corrected chi connectivity index (χ1v) is 3.42. The van der Waals surface area contributed by atoms with Gasteiger partial charge in [0.2, 0.25) is 0 Å². The van der Waals surface area contributed by atoms with Crippen LogP contribution in [0.3, 0.4) is 0 Å². The molecule has 0 fully saturated rings. The molecule has 0 amide bonds. The highest BCUT2D eigenvalue weighted by molar-refractivity contribution is 6.31. The first-order valence-electron chi connectivity index (χ1n) is 3.04. The van der Waals surface area contributed by atoms with Crippen LogP contribution in [-0.4, -0.2) is 9.78 Å². The molecule has 0 spiro atoms. The third kappa shape index (κ3) is 1.39. The van der Waals surface area contributed by atoms with Gasteiger partial charge in [-0.25, -0.2) is 0 Å². The molecule has 0 aliphatic heterocycles. The number of rotatable bonds is 2. The van der Waals surface area contributed by atoms with E-state index < -0.39 is 0 Å². The van der Waals surface area contributed by atoms with Crippen molar-refractivity contribution >= 4 is 11.6 Å². The lowest BCUT2D eigenvalue weighted by molar-refractivity contribution is 0.695. The van der Waals surface area contributed by atoms with Crippen LogP contribution in [0.15, 0.2) is 18.9 Å². The summed E-state index contributed by atoms with van der Waals surface area (Å²) in [5.74, 6) is 0. The second kappa shape index (κ2) is 2.88. The Balaban J connectivity index is 2.86. The second-order valence-electron chi connectivity index (χ2n) is 2.07. The van der Waals surface area contributed by atoms with Crippen LogP contribution in [0.25, 0.3) is 0 Å². The smallest absolute Gasteiger partial charge is 0.0815 e. The number of hydrogen-bond donors (Lipinski definition) is 0. The van der Waals surface area contributed by atoms with Crippen molar-refractivity contribution in [3.05, 3.63) is 29.6 Å². The molecular weight excluding hydrogens is 148 g/mol. The van der Waals surface area contributed by atoms with Crippen LogP contribution in [0.5, 0.6) is 0 Å². The maximum Gasteiger partial charge on any atom is 0.0815 e. The third-order valence-electron chi connectivity index (χ3n) is 1.20. The van der Waals surface area contributed by atoms with Crippen molar-refractivity contribution in [1.29, 1.82) is 0 Å². The molecule has 1 rings (SSSR count). The first kappa shape index (κ1) is 7.35. The van der Waals surface area contributed by atoms with Crippen molar-refractivity contribution in [2.24, 2.45) is 0 Å². The van der Waals surface area contributed by atoms with Crippen molar-refractivity contribution in [2.75, 3.05) is 0 Å². The van der Waals surface area contributed by atoms with E-state index in [1.165, 1.54) is 0 Å². The zero-order valence-electron chi connectivity index (χ0n) is 5.84. The van der Waals surface area contributed by atoms with E-state index in [4.69, 9.17) is 11.6 Å². The fraction of sp³-hybridized carbons (Fsp3) is 0.286. The van der Waals surface area contributed by atoms with E-state index in [2.05, 4.69) is 11.7 Å². The maximum absolute atomic E-state index is 5.75. The minimum atomic E-state index is 0.710. The molecule has 3 heteroatoms. The van der Waals surface area contributed by atoms with Crippen LogP contribution in [0, 0.1) is 6.92 Å². The van der Waals surface area contributed by atoms with Crippen molar-refractivity contribution in [3.8, 4) is 0 Å². The Kier molecular flexibility index (Phi) is 2.12. The summed E-state index contributed by atoms with van der Waals surface area (Å²) in [6.07, 6.45) is 3.57. The second-order valence-corrected chi connectivity index (χ2v) is 2.48. The monoisotopic (exact) mass is 156 g/mol. The first-order chi connectivity index (χ1) is 4.74. The summed E-state index contributed by atoms with van der Waals surface area (Å²) in [6, 6.07) is 0. The Labute approximate surface area is 65.1 Å². The third-order valence-corrected chi connectivity index (χ3v) is 1.57. The summed E-state index contributed by atoms with van der Waals surface area (Å²) in [6.45, 7) is 6.18. The minimum Gasteiger partial charge on any atom is -0.267 e. The number of halogens is 1. The predicted molar refractivity (Wildman–Crippen MR) is 42.2 cm³/mol.